The number of hydrogen-bond acceptors (Lipinski definition) is 3. The van der Waals surface area contributed by atoms with Crippen molar-refractivity contribution in [2.24, 2.45) is 0 Å². The summed E-state index contributed by atoms with van der Waals surface area (Å²) in [7, 11) is 2.15. The van der Waals surface area contributed by atoms with Crippen molar-refractivity contribution in [1.82, 2.24) is 4.90 Å². The first kappa shape index (κ1) is 14.4. The number of rotatable bonds is 6. The van der Waals surface area contributed by atoms with E-state index in [1.807, 2.05) is 0 Å². The standard InChI is InChI=1S/C16H26N2O/c1-3-4-5-14-6-8-15(9-7-14)17-12-16-13-18(2)10-11-19-16/h6-9,16-17H,3-5,10-13H2,1-2H3. The molecule has 1 unspecified atom stereocenters. The second-order valence-electron chi connectivity index (χ2n) is 5.44. The minimum atomic E-state index is 0.304. The fraction of sp³-hybridized carbons (Fsp3) is 0.625. The number of aryl methyl sites for hydroxylation is 1. The Morgan fingerprint density at radius 3 is 2.79 bits per heavy atom. The summed E-state index contributed by atoms with van der Waals surface area (Å²) >= 11 is 0. The van der Waals surface area contributed by atoms with Gasteiger partial charge in [0.1, 0.15) is 0 Å². The summed E-state index contributed by atoms with van der Waals surface area (Å²) in [6.45, 7) is 6.03. The minimum Gasteiger partial charge on any atom is -0.382 e. The van der Waals surface area contributed by atoms with Crippen molar-refractivity contribution in [3.8, 4) is 0 Å². The van der Waals surface area contributed by atoms with Crippen LogP contribution in [0.1, 0.15) is 25.3 Å². The first-order valence-corrected chi connectivity index (χ1v) is 7.41. The SMILES string of the molecule is CCCCc1ccc(NCC2CN(C)CCO2)cc1. The van der Waals surface area contributed by atoms with Crippen LogP contribution >= 0.6 is 0 Å². The van der Waals surface area contributed by atoms with Gasteiger partial charge < -0.3 is 15.0 Å². The smallest absolute Gasteiger partial charge is 0.0874 e. The number of nitrogens with one attached hydrogen (secondary N) is 1. The highest BCUT2D eigenvalue weighted by Crippen LogP contribution is 2.12. The van der Waals surface area contributed by atoms with Crippen molar-refractivity contribution in [3.05, 3.63) is 29.8 Å². The number of likely N-dealkylation sites (N-methyl/N-ethyl adjacent to an activating group) is 1. The molecule has 1 N–H and O–H groups in total. The molecule has 0 amide bonds. The summed E-state index contributed by atoms with van der Waals surface area (Å²) in [6, 6.07) is 8.81. The van der Waals surface area contributed by atoms with Gasteiger partial charge in [-0.3, -0.25) is 0 Å². The molecule has 0 bridgehead atoms. The maximum Gasteiger partial charge on any atom is 0.0874 e. The van der Waals surface area contributed by atoms with E-state index in [4.69, 9.17) is 4.74 Å². The van der Waals surface area contributed by atoms with Gasteiger partial charge in [0.15, 0.2) is 0 Å². The summed E-state index contributed by atoms with van der Waals surface area (Å²) in [6.07, 6.45) is 4.02. The molecule has 1 aliphatic rings. The van der Waals surface area contributed by atoms with Gasteiger partial charge in [-0.1, -0.05) is 25.5 Å². The number of unbranched alkanes of at least 4 members (excludes halogenated alkanes) is 1. The van der Waals surface area contributed by atoms with Crippen LogP contribution in [0, 0.1) is 0 Å². The van der Waals surface area contributed by atoms with E-state index in [1.54, 1.807) is 0 Å². The molecule has 0 spiro atoms. The Hall–Kier alpha value is -1.06. The Kier molecular flexibility index (Phi) is 5.67. The van der Waals surface area contributed by atoms with Gasteiger partial charge in [-0.2, -0.15) is 0 Å². The largest absolute Gasteiger partial charge is 0.382 e. The second-order valence-corrected chi connectivity index (χ2v) is 5.44. The molecule has 1 heterocycles. The molecule has 0 aromatic heterocycles. The molecule has 1 aromatic carbocycles. The van der Waals surface area contributed by atoms with Crippen LogP contribution in [-0.2, 0) is 11.2 Å². The number of nitrogens with zero attached hydrogens (tertiary/aromatic N) is 1. The van der Waals surface area contributed by atoms with Crippen LogP contribution in [-0.4, -0.2) is 44.3 Å². The van der Waals surface area contributed by atoms with E-state index in [9.17, 15) is 0 Å². The summed E-state index contributed by atoms with van der Waals surface area (Å²) in [5.74, 6) is 0. The van der Waals surface area contributed by atoms with E-state index in [1.165, 1.54) is 30.5 Å². The quantitative estimate of drug-likeness (QED) is 0.853. The zero-order valence-corrected chi connectivity index (χ0v) is 12.2. The maximum atomic E-state index is 5.74. The minimum absolute atomic E-state index is 0.304. The van der Waals surface area contributed by atoms with Crippen molar-refractivity contribution in [2.75, 3.05) is 38.6 Å². The van der Waals surface area contributed by atoms with Crippen LogP contribution in [0.2, 0.25) is 0 Å². The van der Waals surface area contributed by atoms with E-state index < -0.39 is 0 Å². The highest BCUT2D eigenvalue weighted by molar-refractivity contribution is 5.44. The van der Waals surface area contributed by atoms with Gasteiger partial charge in [-0.15, -0.1) is 0 Å². The third kappa shape index (κ3) is 4.84. The van der Waals surface area contributed by atoms with Gasteiger partial charge in [0.2, 0.25) is 0 Å². The molecular formula is C16H26N2O. The molecule has 0 aliphatic carbocycles. The van der Waals surface area contributed by atoms with Crippen molar-refractivity contribution < 1.29 is 4.74 Å². The molecule has 1 aromatic rings. The lowest BCUT2D eigenvalue weighted by atomic mass is 10.1. The number of benzene rings is 1. The topological polar surface area (TPSA) is 24.5 Å². The molecule has 3 nitrogen and oxygen atoms in total. The fourth-order valence-electron chi connectivity index (χ4n) is 2.39. The Bertz CT molecular complexity index is 364. The zero-order valence-electron chi connectivity index (χ0n) is 12.2. The van der Waals surface area contributed by atoms with Crippen LogP contribution in [0.25, 0.3) is 0 Å². The molecular weight excluding hydrogens is 236 g/mol. The molecule has 1 atom stereocenters. The van der Waals surface area contributed by atoms with Crippen molar-refractivity contribution in [1.29, 1.82) is 0 Å². The monoisotopic (exact) mass is 262 g/mol. The summed E-state index contributed by atoms with van der Waals surface area (Å²) in [5.41, 5.74) is 2.62. The van der Waals surface area contributed by atoms with E-state index >= 15 is 0 Å². The van der Waals surface area contributed by atoms with E-state index in [0.29, 0.717) is 6.10 Å². The van der Waals surface area contributed by atoms with Gasteiger partial charge >= 0.3 is 0 Å². The first-order valence-electron chi connectivity index (χ1n) is 7.41. The third-order valence-electron chi connectivity index (χ3n) is 3.65. The normalized spacial score (nSPS) is 20.4. The summed E-state index contributed by atoms with van der Waals surface area (Å²) in [4.78, 5) is 2.32. The molecule has 19 heavy (non-hydrogen) atoms. The van der Waals surface area contributed by atoms with E-state index in [0.717, 1.165) is 26.2 Å². The first-order chi connectivity index (χ1) is 9.28. The molecule has 1 fully saturated rings. The Labute approximate surface area is 116 Å². The van der Waals surface area contributed by atoms with Gasteiger partial charge in [0.05, 0.1) is 12.7 Å². The van der Waals surface area contributed by atoms with Crippen LogP contribution in [0.4, 0.5) is 5.69 Å². The lowest BCUT2D eigenvalue weighted by molar-refractivity contribution is -0.0117. The zero-order chi connectivity index (χ0) is 13.5. The Morgan fingerprint density at radius 2 is 2.11 bits per heavy atom. The molecule has 1 saturated heterocycles. The van der Waals surface area contributed by atoms with E-state index in [2.05, 4.69) is 48.5 Å². The van der Waals surface area contributed by atoms with Gasteiger partial charge in [-0.05, 0) is 37.6 Å². The average molecular weight is 262 g/mol. The summed E-state index contributed by atoms with van der Waals surface area (Å²) in [5, 5.41) is 3.47. The molecule has 0 radical (unpaired) electrons. The van der Waals surface area contributed by atoms with Crippen molar-refractivity contribution in [3.63, 3.8) is 0 Å². The van der Waals surface area contributed by atoms with E-state index in [-0.39, 0.29) is 0 Å². The number of anilines is 1. The molecule has 2 rings (SSSR count). The van der Waals surface area contributed by atoms with Crippen LogP contribution in [0.5, 0.6) is 0 Å². The number of hydrogen-bond donors (Lipinski definition) is 1. The van der Waals surface area contributed by atoms with Crippen LogP contribution in [0.3, 0.4) is 0 Å². The van der Waals surface area contributed by atoms with Gasteiger partial charge in [0, 0.05) is 25.3 Å². The number of ether oxygens (including phenoxy) is 1. The van der Waals surface area contributed by atoms with Crippen LogP contribution < -0.4 is 5.32 Å². The maximum absolute atomic E-state index is 5.74. The lowest BCUT2D eigenvalue weighted by Crippen LogP contribution is -2.43. The predicted octanol–water partition coefficient (Wildman–Crippen LogP) is 2.77. The fourth-order valence-corrected chi connectivity index (χ4v) is 2.39. The molecule has 1 aliphatic heterocycles. The highest BCUT2D eigenvalue weighted by Gasteiger charge is 2.16. The van der Waals surface area contributed by atoms with Crippen LogP contribution in [0.15, 0.2) is 24.3 Å². The summed E-state index contributed by atoms with van der Waals surface area (Å²) < 4.78 is 5.74. The molecule has 0 saturated carbocycles. The predicted molar refractivity (Wildman–Crippen MR) is 80.8 cm³/mol. The van der Waals surface area contributed by atoms with Gasteiger partial charge in [-0.25, -0.2) is 0 Å². The van der Waals surface area contributed by atoms with Gasteiger partial charge in [0.25, 0.3) is 0 Å². The molecule has 3 heteroatoms. The second kappa shape index (κ2) is 7.51. The lowest BCUT2D eigenvalue weighted by Gasteiger charge is -2.30. The Morgan fingerprint density at radius 1 is 1.32 bits per heavy atom. The van der Waals surface area contributed by atoms with Crippen molar-refractivity contribution >= 4 is 5.69 Å². The average Bonchev–Trinajstić information content (AvgIpc) is 2.44. The molecule has 106 valence electrons. The van der Waals surface area contributed by atoms with Crippen molar-refractivity contribution in [2.45, 2.75) is 32.3 Å². The third-order valence-corrected chi connectivity index (χ3v) is 3.65. The Balaban J connectivity index is 1.76. The highest BCUT2D eigenvalue weighted by atomic mass is 16.5. The number of morpholine rings is 1.